The Balaban J connectivity index is 1.67. The van der Waals surface area contributed by atoms with E-state index in [4.69, 9.17) is 0 Å². The van der Waals surface area contributed by atoms with E-state index in [0.29, 0.717) is 26.2 Å². The monoisotopic (exact) mass is 494 g/mol. The number of aryl methyl sites for hydroxylation is 1. The summed E-state index contributed by atoms with van der Waals surface area (Å²) in [5.74, 6) is -0.564. The highest BCUT2D eigenvalue weighted by molar-refractivity contribution is 7.89. The SMILES string of the molecule is Cc1nn(C(=O)c2cccc(S(=O)(=O)N3CCCCC3)c2)c(C)c1S(=O)(=O)N1CCCCC1. The molecule has 1 aromatic carbocycles. The van der Waals surface area contributed by atoms with Crippen LogP contribution in [0.2, 0.25) is 0 Å². The molecule has 180 valence electrons. The number of hydrogen-bond donors (Lipinski definition) is 0. The maximum atomic E-state index is 13.3. The summed E-state index contributed by atoms with van der Waals surface area (Å²) in [5.41, 5.74) is 0.622. The maximum absolute atomic E-state index is 13.3. The Kier molecular flexibility index (Phi) is 6.77. The third-order valence-electron chi connectivity index (χ3n) is 6.36. The summed E-state index contributed by atoms with van der Waals surface area (Å²) in [7, 11) is -7.47. The molecule has 3 heterocycles. The molecule has 0 spiro atoms. The molecule has 0 aliphatic carbocycles. The Morgan fingerprint density at radius 2 is 1.36 bits per heavy atom. The number of benzene rings is 1. The predicted molar refractivity (Wildman–Crippen MR) is 123 cm³/mol. The topological polar surface area (TPSA) is 110 Å². The number of hydrogen-bond acceptors (Lipinski definition) is 6. The predicted octanol–water partition coefficient (Wildman–Crippen LogP) is 2.54. The molecule has 9 nitrogen and oxygen atoms in total. The molecule has 2 aromatic rings. The lowest BCUT2D eigenvalue weighted by atomic mass is 10.2. The van der Waals surface area contributed by atoms with Crippen molar-refractivity contribution in [3.05, 3.63) is 41.2 Å². The van der Waals surface area contributed by atoms with Gasteiger partial charge in [-0.15, -0.1) is 0 Å². The van der Waals surface area contributed by atoms with E-state index < -0.39 is 26.0 Å². The first-order chi connectivity index (χ1) is 15.6. The standard InChI is InChI=1S/C22H30N4O5S2/c1-17-21(33(30,31)25-14-7-4-8-15-25)18(2)26(23-17)22(27)19-10-9-11-20(16-19)32(28,29)24-12-5-3-6-13-24/h9-11,16H,3-8,12-15H2,1-2H3. The summed E-state index contributed by atoms with van der Waals surface area (Å²) in [5, 5.41) is 4.23. The lowest BCUT2D eigenvalue weighted by Gasteiger charge is -2.26. The lowest BCUT2D eigenvalue weighted by Crippen LogP contribution is -2.36. The fourth-order valence-electron chi connectivity index (χ4n) is 4.60. The van der Waals surface area contributed by atoms with E-state index in [1.165, 1.54) is 32.9 Å². The highest BCUT2D eigenvalue weighted by Crippen LogP contribution is 2.27. The minimum absolute atomic E-state index is 0.0508. The van der Waals surface area contributed by atoms with Gasteiger partial charge in [-0.2, -0.15) is 18.4 Å². The molecule has 11 heteroatoms. The second-order valence-electron chi connectivity index (χ2n) is 8.67. The van der Waals surface area contributed by atoms with Crippen LogP contribution in [-0.2, 0) is 20.0 Å². The number of sulfonamides is 2. The molecule has 33 heavy (non-hydrogen) atoms. The van der Waals surface area contributed by atoms with Crippen LogP contribution in [0, 0.1) is 13.8 Å². The molecule has 0 saturated carbocycles. The lowest BCUT2D eigenvalue weighted by molar-refractivity contribution is 0.0942. The van der Waals surface area contributed by atoms with E-state index in [2.05, 4.69) is 5.10 Å². The largest absolute Gasteiger partial charge is 0.278 e. The molecule has 4 rings (SSSR count). The van der Waals surface area contributed by atoms with E-state index in [-0.39, 0.29) is 26.7 Å². The maximum Gasteiger partial charge on any atom is 0.278 e. The van der Waals surface area contributed by atoms with Crippen LogP contribution in [0.25, 0.3) is 0 Å². The first kappa shape index (κ1) is 24.1. The van der Waals surface area contributed by atoms with Crippen LogP contribution < -0.4 is 0 Å². The van der Waals surface area contributed by atoms with Crippen molar-refractivity contribution in [2.24, 2.45) is 0 Å². The van der Waals surface area contributed by atoms with Crippen molar-refractivity contribution in [1.82, 2.24) is 18.4 Å². The van der Waals surface area contributed by atoms with Gasteiger partial charge < -0.3 is 0 Å². The van der Waals surface area contributed by atoms with E-state index in [1.807, 2.05) is 0 Å². The van der Waals surface area contributed by atoms with Gasteiger partial charge in [0.2, 0.25) is 20.0 Å². The highest BCUT2D eigenvalue weighted by Gasteiger charge is 2.33. The number of rotatable bonds is 5. The molecule has 1 aromatic heterocycles. The van der Waals surface area contributed by atoms with Crippen molar-refractivity contribution in [1.29, 1.82) is 0 Å². The van der Waals surface area contributed by atoms with Gasteiger partial charge in [0.05, 0.1) is 16.3 Å². The molecule has 0 unspecified atom stereocenters. The number of piperidine rings is 2. The fraction of sp³-hybridized carbons (Fsp3) is 0.545. The van der Waals surface area contributed by atoms with Crippen LogP contribution in [0.15, 0.2) is 34.1 Å². The molecule has 0 radical (unpaired) electrons. The van der Waals surface area contributed by atoms with Gasteiger partial charge in [0, 0.05) is 31.7 Å². The molecule has 2 saturated heterocycles. The van der Waals surface area contributed by atoms with Crippen LogP contribution >= 0.6 is 0 Å². The molecule has 2 aliphatic rings. The molecular weight excluding hydrogens is 464 g/mol. The number of nitrogens with zero attached hydrogens (tertiary/aromatic N) is 4. The summed E-state index contributed by atoms with van der Waals surface area (Å²) in [4.78, 5) is 13.4. The van der Waals surface area contributed by atoms with Crippen molar-refractivity contribution in [3.63, 3.8) is 0 Å². The Labute approximate surface area is 195 Å². The van der Waals surface area contributed by atoms with Gasteiger partial charge in [0.25, 0.3) is 5.91 Å². The average Bonchev–Trinajstić information content (AvgIpc) is 3.14. The van der Waals surface area contributed by atoms with Crippen molar-refractivity contribution in [2.45, 2.75) is 62.2 Å². The zero-order chi connectivity index (χ0) is 23.8. The summed E-state index contributed by atoms with van der Waals surface area (Å²) in [6.07, 6.45) is 5.25. The highest BCUT2D eigenvalue weighted by atomic mass is 32.2. The Hall–Kier alpha value is -2.08. The summed E-state index contributed by atoms with van der Waals surface area (Å²) >= 11 is 0. The third kappa shape index (κ3) is 4.51. The summed E-state index contributed by atoms with van der Waals surface area (Å²) in [6, 6.07) is 5.88. The zero-order valence-electron chi connectivity index (χ0n) is 19.0. The zero-order valence-corrected chi connectivity index (χ0v) is 20.7. The van der Waals surface area contributed by atoms with Crippen molar-refractivity contribution < 1.29 is 21.6 Å². The minimum atomic E-state index is -3.77. The average molecular weight is 495 g/mol. The van der Waals surface area contributed by atoms with Gasteiger partial charge in [0.15, 0.2) is 0 Å². The number of carbonyl (C=O) groups is 1. The normalized spacial score (nSPS) is 19.0. The summed E-state index contributed by atoms with van der Waals surface area (Å²) < 4.78 is 56.5. The second kappa shape index (κ2) is 9.28. The van der Waals surface area contributed by atoms with Crippen LogP contribution in [0.1, 0.15) is 60.3 Å². The van der Waals surface area contributed by atoms with Crippen LogP contribution in [0.4, 0.5) is 0 Å². The van der Waals surface area contributed by atoms with Gasteiger partial charge in [0.1, 0.15) is 4.90 Å². The van der Waals surface area contributed by atoms with Crippen molar-refractivity contribution in [3.8, 4) is 0 Å². The molecule has 0 N–H and O–H groups in total. The van der Waals surface area contributed by atoms with E-state index in [1.54, 1.807) is 13.8 Å². The van der Waals surface area contributed by atoms with E-state index >= 15 is 0 Å². The molecule has 0 atom stereocenters. The van der Waals surface area contributed by atoms with Gasteiger partial charge in [-0.05, 0) is 57.7 Å². The Morgan fingerprint density at radius 1 is 0.818 bits per heavy atom. The number of aromatic nitrogens is 2. The van der Waals surface area contributed by atoms with Gasteiger partial charge in [-0.25, -0.2) is 16.8 Å². The third-order valence-corrected chi connectivity index (χ3v) is 10.4. The van der Waals surface area contributed by atoms with Gasteiger partial charge in [-0.1, -0.05) is 18.9 Å². The van der Waals surface area contributed by atoms with E-state index in [0.717, 1.165) is 43.2 Å². The van der Waals surface area contributed by atoms with Gasteiger partial charge >= 0.3 is 0 Å². The first-order valence-electron chi connectivity index (χ1n) is 11.4. The molecule has 2 fully saturated rings. The molecule has 0 amide bonds. The molecule has 0 bridgehead atoms. The second-order valence-corrected chi connectivity index (χ2v) is 12.5. The van der Waals surface area contributed by atoms with Crippen LogP contribution in [0.5, 0.6) is 0 Å². The number of carbonyl (C=O) groups excluding carboxylic acids is 1. The quantitative estimate of drug-likeness (QED) is 0.632. The molecule has 2 aliphatic heterocycles. The smallest absolute Gasteiger partial charge is 0.267 e. The summed E-state index contributed by atoms with van der Waals surface area (Å²) in [6.45, 7) is 4.98. The van der Waals surface area contributed by atoms with Crippen LogP contribution in [-0.4, -0.2) is 67.3 Å². The van der Waals surface area contributed by atoms with Gasteiger partial charge in [-0.3, -0.25) is 4.79 Å². The fourth-order valence-corrected chi connectivity index (χ4v) is 8.03. The van der Waals surface area contributed by atoms with Crippen LogP contribution in [0.3, 0.4) is 0 Å². The van der Waals surface area contributed by atoms with Crippen molar-refractivity contribution >= 4 is 26.0 Å². The Morgan fingerprint density at radius 3 is 1.94 bits per heavy atom. The Bertz CT molecular complexity index is 1260. The minimum Gasteiger partial charge on any atom is -0.267 e. The van der Waals surface area contributed by atoms with E-state index in [9.17, 15) is 21.6 Å². The first-order valence-corrected chi connectivity index (χ1v) is 14.2. The molecular formula is C22H30N4O5S2. The van der Waals surface area contributed by atoms with Crippen molar-refractivity contribution in [2.75, 3.05) is 26.2 Å².